The van der Waals surface area contributed by atoms with E-state index in [-0.39, 0.29) is 25.0 Å². The van der Waals surface area contributed by atoms with E-state index in [1.807, 2.05) is 44.4 Å². The van der Waals surface area contributed by atoms with Crippen LogP contribution in [0, 0.1) is 5.92 Å². The summed E-state index contributed by atoms with van der Waals surface area (Å²) in [7, 11) is 4.06. The summed E-state index contributed by atoms with van der Waals surface area (Å²) in [5, 5.41) is 12.6. The molecule has 1 saturated carbocycles. The third kappa shape index (κ3) is 4.72. The summed E-state index contributed by atoms with van der Waals surface area (Å²) in [4.78, 5) is 14.0. The molecule has 0 saturated heterocycles. The SMILES string of the molecule is CN(C)C1CC(C(=O)NCC(O)COc2ccccc2)C1. The Hall–Kier alpha value is -1.59. The Morgan fingerprint density at radius 2 is 2.05 bits per heavy atom. The van der Waals surface area contributed by atoms with Crippen molar-refractivity contribution in [1.82, 2.24) is 10.2 Å². The molecule has 1 fully saturated rings. The van der Waals surface area contributed by atoms with Crippen LogP contribution in [0.3, 0.4) is 0 Å². The van der Waals surface area contributed by atoms with Crippen LogP contribution in [0.4, 0.5) is 0 Å². The van der Waals surface area contributed by atoms with Gasteiger partial charge < -0.3 is 20.1 Å². The van der Waals surface area contributed by atoms with Crippen molar-refractivity contribution in [2.75, 3.05) is 27.2 Å². The molecule has 1 aromatic carbocycles. The van der Waals surface area contributed by atoms with E-state index in [0.717, 1.165) is 18.6 Å². The number of ether oxygens (including phenoxy) is 1. The minimum Gasteiger partial charge on any atom is -0.491 e. The highest BCUT2D eigenvalue weighted by Gasteiger charge is 2.35. The first-order chi connectivity index (χ1) is 10.1. The fourth-order valence-electron chi connectivity index (χ4n) is 2.35. The van der Waals surface area contributed by atoms with Crippen LogP contribution in [0.2, 0.25) is 0 Å². The third-order valence-electron chi connectivity index (χ3n) is 3.91. The molecule has 1 aromatic rings. The van der Waals surface area contributed by atoms with Gasteiger partial charge in [0.15, 0.2) is 0 Å². The largest absolute Gasteiger partial charge is 0.491 e. The maximum absolute atomic E-state index is 11.9. The van der Waals surface area contributed by atoms with Gasteiger partial charge in [-0.15, -0.1) is 0 Å². The molecule has 1 atom stereocenters. The Morgan fingerprint density at radius 1 is 1.38 bits per heavy atom. The first-order valence-electron chi connectivity index (χ1n) is 7.36. The van der Waals surface area contributed by atoms with Gasteiger partial charge in [0, 0.05) is 18.5 Å². The van der Waals surface area contributed by atoms with Crippen LogP contribution in [0.1, 0.15) is 12.8 Å². The first kappa shape index (κ1) is 15.8. The number of para-hydroxylation sites is 1. The van der Waals surface area contributed by atoms with Crippen LogP contribution in [-0.4, -0.2) is 55.3 Å². The standard InChI is InChI=1S/C16H24N2O3/c1-18(2)13-8-12(9-13)16(20)17-10-14(19)11-21-15-6-4-3-5-7-15/h3-7,12-14,19H,8-11H2,1-2H3,(H,17,20). The molecule has 1 aliphatic rings. The van der Waals surface area contributed by atoms with E-state index in [9.17, 15) is 9.90 Å². The molecule has 1 amide bonds. The van der Waals surface area contributed by atoms with E-state index < -0.39 is 6.10 Å². The summed E-state index contributed by atoms with van der Waals surface area (Å²) in [6.07, 6.45) is 1.10. The molecule has 0 aliphatic heterocycles. The molecule has 1 aliphatic carbocycles. The molecule has 0 heterocycles. The van der Waals surface area contributed by atoms with Gasteiger partial charge >= 0.3 is 0 Å². The highest BCUT2D eigenvalue weighted by Crippen LogP contribution is 2.30. The Morgan fingerprint density at radius 3 is 2.67 bits per heavy atom. The Balaban J connectivity index is 1.61. The number of nitrogens with one attached hydrogen (secondary N) is 1. The summed E-state index contributed by atoms with van der Waals surface area (Å²) >= 11 is 0. The minimum atomic E-state index is -0.695. The number of nitrogens with zero attached hydrogens (tertiary/aromatic N) is 1. The molecule has 0 radical (unpaired) electrons. The molecule has 0 aromatic heterocycles. The van der Waals surface area contributed by atoms with Gasteiger partial charge in [0.2, 0.25) is 5.91 Å². The van der Waals surface area contributed by atoms with Gasteiger partial charge in [-0.05, 0) is 39.1 Å². The Bertz CT molecular complexity index is 444. The van der Waals surface area contributed by atoms with E-state index in [4.69, 9.17) is 4.74 Å². The van der Waals surface area contributed by atoms with Gasteiger partial charge in [-0.2, -0.15) is 0 Å². The highest BCUT2D eigenvalue weighted by molar-refractivity contribution is 5.79. The third-order valence-corrected chi connectivity index (χ3v) is 3.91. The average Bonchev–Trinajstić information content (AvgIpc) is 2.42. The minimum absolute atomic E-state index is 0.0341. The van der Waals surface area contributed by atoms with Gasteiger partial charge in [0.1, 0.15) is 18.5 Å². The molecule has 2 N–H and O–H groups in total. The lowest BCUT2D eigenvalue weighted by molar-refractivity contribution is -0.129. The summed E-state index contributed by atoms with van der Waals surface area (Å²) in [5.74, 6) is 0.835. The zero-order valence-corrected chi connectivity index (χ0v) is 12.7. The van der Waals surface area contributed by atoms with Crippen molar-refractivity contribution in [3.05, 3.63) is 30.3 Å². The van der Waals surface area contributed by atoms with E-state index in [1.165, 1.54) is 0 Å². The van der Waals surface area contributed by atoms with Crippen LogP contribution < -0.4 is 10.1 Å². The number of hydrogen-bond donors (Lipinski definition) is 2. The van der Waals surface area contributed by atoms with Crippen molar-refractivity contribution < 1.29 is 14.6 Å². The second-order valence-electron chi connectivity index (χ2n) is 5.81. The summed E-state index contributed by atoms with van der Waals surface area (Å²) in [6.45, 7) is 0.407. The first-order valence-corrected chi connectivity index (χ1v) is 7.36. The number of carbonyl (C=O) groups excluding carboxylic acids is 1. The van der Waals surface area contributed by atoms with Crippen LogP contribution in [0.15, 0.2) is 30.3 Å². The monoisotopic (exact) mass is 292 g/mol. The number of benzene rings is 1. The molecule has 0 spiro atoms. The number of carbonyl (C=O) groups is 1. The lowest BCUT2D eigenvalue weighted by Crippen LogP contribution is -2.48. The van der Waals surface area contributed by atoms with Crippen molar-refractivity contribution in [3.63, 3.8) is 0 Å². The molecule has 1 unspecified atom stereocenters. The highest BCUT2D eigenvalue weighted by atomic mass is 16.5. The van der Waals surface area contributed by atoms with Gasteiger partial charge in [0.05, 0.1) is 0 Å². The topological polar surface area (TPSA) is 61.8 Å². The van der Waals surface area contributed by atoms with Crippen molar-refractivity contribution >= 4 is 5.91 Å². The molecule has 0 bridgehead atoms. The van der Waals surface area contributed by atoms with Crippen LogP contribution in [0.5, 0.6) is 5.75 Å². The number of hydrogen-bond acceptors (Lipinski definition) is 4. The quantitative estimate of drug-likeness (QED) is 0.783. The fourth-order valence-corrected chi connectivity index (χ4v) is 2.35. The zero-order valence-electron chi connectivity index (χ0n) is 12.7. The smallest absolute Gasteiger partial charge is 0.223 e. The normalized spacial score (nSPS) is 22.5. The van der Waals surface area contributed by atoms with Gasteiger partial charge in [-0.25, -0.2) is 0 Å². The van der Waals surface area contributed by atoms with Gasteiger partial charge in [-0.1, -0.05) is 18.2 Å². The molecule has 116 valence electrons. The van der Waals surface area contributed by atoms with E-state index in [1.54, 1.807) is 0 Å². The molecule has 5 heteroatoms. The second-order valence-corrected chi connectivity index (χ2v) is 5.81. The van der Waals surface area contributed by atoms with E-state index in [2.05, 4.69) is 10.2 Å². The van der Waals surface area contributed by atoms with Crippen LogP contribution in [-0.2, 0) is 4.79 Å². The summed E-state index contributed by atoms with van der Waals surface area (Å²) in [6, 6.07) is 9.83. The van der Waals surface area contributed by atoms with Crippen molar-refractivity contribution in [3.8, 4) is 5.75 Å². The number of rotatable bonds is 7. The Kier molecular flexibility index (Phi) is 5.59. The number of aliphatic hydroxyl groups excluding tert-OH is 1. The fraction of sp³-hybridized carbons (Fsp3) is 0.562. The van der Waals surface area contributed by atoms with Gasteiger partial charge in [-0.3, -0.25) is 4.79 Å². The second kappa shape index (κ2) is 7.43. The molecule has 21 heavy (non-hydrogen) atoms. The van der Waals surface area contributed by atoms with Crippen molar-refractivity contribution in [2.24, 2.45) is 5.92 Å². The lowest BCUT2D eigenvalue weighted by atomic mass is 9.79. The molecule has 2 rings (SSSR count). The lowest BCUT2D eigenvalue weighted by Gasteiger charge is -2.38. The van der Waals surface area contributed by atoms with Crippen molar-refractivity contribution in [1.29, 1.82) is 0 Å². The number of aliphatic hydroxyl groups is 1. The molecular weight excluding hydrogens is 268 g/mol. The molecular formula is C16H24N2O3. The van der Waals surface area contributed by atoms with E-state index >= 15 is 0 Å². The summed E-state index contributed by atoms with van der Waals surface area (Å²) in [5.41, 5.74) is 0. The Labute approximate surface area is 125 Å². The number of amides is 1. The van der Waals surface area contributed by atoms with Crippen molar-refractivity contribution in [2.45, 2.75) is 25.0 Å². The maximum atomic E-state index is 11.9. The predicted molar refractivity (Wildman–Crippen MR) is 81.2 cm³/mol. The molecule has 5 nitrogen and oxygen atoms in total. The average molecular weight is 292 g/mol. The predicted octanol–water partition coefficient (Wildman–Crippen LogP) is 0.883. The zero-order chi connectivity index (χ0) is 15.2. The van der Waals surface area contributed by atoms with Crippen LogP contribution >= 0.6 is 0 Å². The van der Waals surface area contributed by atoms with Gasteiger partial charge in [0.25, 0.3) is 0 Å². The van der Waals surface area contributed by atoms with Crippen LogP contribution in [0.25, 0.3) is 0 Å². The maximum Gasteiger partial charge on any atom is 0.223 e. The summed E-state index contributed by atoms with van der Waals surface area (Å²) < 4.78 is 5.44. The van der Waals surface area contributed by atoms with E-state index in [0.29, 0.717) is 6.04 Å².